The predicted molar refractivity (Wildman–Crippen MR) is 120 cm³/mol. The van der Waals surface area contributed by atoms with Crippen molar-refractivity contribution in [3.63, 3.8) is 0 Å². The van der Waals surface area contributed by atoms with Gasteiger partial charge in [0.25, 0.3) is 0 Å². The molecule has 8 bridgehead atoms. The van der Waals surface area contributed by atoms with Crippen molar-refractivity contribution in [2.24, 2.45) is 46.3 Å². The summed E-state index contributed by atoms with van der Waals surface area (Å²) in [4.78, 5) is 0. The molecule has 0 aliphatic heterocycles. The van der Waals surface area contributed by atoms with Crippen LogP contribution in [-0.4, -0.2) is 0 Å². The topological polar surface area (TPSA) is 0 Å². The lowest BCUT2D eigenvalue weighted by Crippen LogP contribution is -2.57. The maximum Gasteiger partial charge on any atom is -0.00422 e. The van der Waals surface area contributed by atoms with E-state index in [0.717, 1.165) is 41.4 Å². The standard InChI is InChI=1S/C29H38/c1-2-25-5-3-4-6-26(25)27(28-13-19-7-20(14-28)9-21(8-19)15-28)29-16-22-10-23(17-29)12-24(11-22)18-29/h2-6,19-24,27H,1,7-18H2. The van der Waals surface area contributed by atoms with Gasteiger partial charge in [-0.05, 0) is 140 Å². The van der Waals surface area contributed by atoms with Crippen molar-refractivity contribution in [1.82, 2.24) is 0 Å². The van der Waals surface area contributed by atoms with Gasteiger partial charge in [-0.2, -0.15) is 0 Å². The van der Waals surface area contributed by atoms with Crippen LogP contribution in [0.3, 0.4) is 0 Å². The second kappa shape index (κ2) is 6.02. The molecule has 0 heterocycles. The molecule has 8 aliphatic carbocycles. The third-order valence-electron chi connectivity index (χ3n) is 10.9. The number of benzene rings is 1. The summed E-state index contributed by atoms with van der Waals surface area (Å²) in [6.45, 7) is 4.27. The number of hydrogen-bond acceptors (Lipinski definition) is 0. The lowest BCUT2D eigenvalue weighted by atomic mass is 9.37. The van der Waals surface area contributed by atoms with Gasteiger partial charge in [0, 0.05) is 0 Å². The lowest BCUT2D eigenvalue weighted by molar-refractivity contribution is -0.144. The van der Waals surface area contributed by atoms with E-state index in [2.05, 4.69) is 36.9 Å². The van der Waals surface area contributed by atoms with Crippen LogP contribution in [0, 0.1) is 46.3 Å². The Hall–Kier alpha value is -1.04. The minimum atomic E-state index is 0.611. The highest BCUT2D eigenvalue weighted by molar-refractivity contribution is 5.54. The van der Waals surface area contributed by atoms with Crippen LogP contribution in [0.15, 0.2) is 30.8 Å². The zero-order chi connectivity index (χ0) is 19.2. The maximum atomic E-state index is 4.27. The molecule has 0 N–H and O–H groups in total. The molecule has 9 rings (SSSR count). The molecule has 154 valence electrons. The fourth-order valence-corrected chi connectivity index (χ4v) is 11.3. The van der Waals surface area contributed by atoms with Gasteiger partial charge in [-0.1, -0.05) is 36.9 Å². The monoisotopic (exact) mass is 386 g/mol. The van der Waals surface area contributed by atoms with Gasteiger partial charge in [0.15, 0.2) is 0 Å². The highest BCUT2D eigenvalue weighted by atomic mass is 14.7. The molecule has 0 atom stereocenters. The number of hydrogen-bond donors (Lipinski definition) is 0. The zero-order valence-corrected chi connectivity index (χ0v) is 18.1. The van der Waals surface area contributed by atoms with Crippen LogP contribution >= 0.6 is 0 Å². The van der Waals surface area contributed by atoms with Crippen molar-refractivity contribution in [3.8, 4) is 0 Å². The highest BCUT2D eigenvalue weighted by Crippen LogP contribution is 2.74. The van der Waals surface area contributed by atoms with Gasteiger partial charge in [-0.25, -0.2) is 0 Å². The summed E-state index contributed by atoms with van der Waals surface area (Å²) in [5.74, 6) is 7.11. The van der Waals surface area contributed by atoms with Gasteiger partial charge in [0.2, 0.25) is 0 Å². The summed E-state index contributed by atoms with van der Waals surface area (Å²) < 4.78 is 0. The second-order valence-electron chi connectivity index (χ2n) is 12.8. The Labute approximate surface area is 177 Å². The largest absolute Gasteiger partial charge is 0.0985 e. The molecule has 0 aromatic heterocycles. The fraction of sp³-hybridized carbons (Fsp3) is 0.724. The molecule has 0 nitrogen and oxygen atoms in total. The van der Waals surface area contributed by atoms with E-state index in [1.165, 1.54) is 5.56 Å². The summed E-state index contributed by atoms with van der Waals surface area (Å²) in [6, 6.07) is 9.50. The average Bonchev–Trinajstić information content (AvgIpc) is 2.66. The normalized spacial score (nSPS) is 50.1. The maximum absolute atomic E-state index is 4.27. The number of rotatable bonds is 4. The van der Waals surface area contributed by atoms with E-state index in [9.17, 15) is 0 Å². The molecule has 0 spiro atoms. The molecular weight excluding hydrogens is 348 g/mol. The molecule has 8 aliphatic rings. The molecule has 1 aromatic carbocycles. The Balaban J connectivity index is 1.40. The van der Waals surface area contributed by atoms with E-state index in [0.29, 0.717) is 10.8 Å². The molecule has 8 fully saturated rings. The Morgan fingerprint density at radius 1 is 0.655 bits per heavy atom. The Kier molecular flexibility index (Phi) is 3.65. The van der Waals surface area contributed by atoms with Gasteiger partial charge in [0.1, 0.15) is 0 Å². The second-order valence-corrected chi connectivity index (χ2v) is 12.8. The molecule has 29 heavy (non-hydrogen) atoms. The van der Waals surface area contributed by atoms with Crippen molar-refractivity contribution in [1.29, 1.82) is 0 Å². The summed E-state index contributed by atoms with van der Waals surface area (Å²) in [7, 11) is 0. The van der Waals surface area contributed by atoms with Crippen LogP contribution in [-0.2, 0) is 0 Å². The summed E-state index contributed by atoms with van der Waals surface area (Å²) in [5, 5.41) is 0. The van der Waals surface area contributed by atoms with Gasteiger partial charge in [-0.15, -0.1) is 0 Å². The Morgan fingerprint density at radius 2 is 1.03 bits per heavy atom. The first-order valence-corrected chi connectivity index (χ1v) is 12.9. The van der Waals surface area contributed by atoms with Crippen molar-refractivity contribution in [3.05, 3.63) is 42.0 Å². The first kappa shape index (κ1) is 17.6. The molecule has 0 unspecified atom stereocenters. The van der Waals surface area contributed by atoms with Gasteiger partial charge >= 0.3 is 0 Å². The third-order valence-corrected chi connectivity index (χ3v) is 10.9. The zero-order valence-electron chi connectivity index (χ0n) is 18.1. The summed E-state index contributed by atoms with van der Waals surface area (Å²) >= 11 is 0. The van der Waals surface area contributed by atoms with Crippen molar-refractivity contribution >= 4 is 6.08 Å². The van der Waals surface area contributed by atoms with Crippen LogP contribution in [0.25, 0.3) is 6.08 Å². The predicted octanol–water partition coefficient (Wildman–Crippen LogP) is 7.85. The molecular formula is C29H38. The third kappa shape index (κ3) is 2.50. The van der Waals surface area contributed by atoms with Crippen LogP contribution in [0.2, 0.25) is 0 Å². The van der Waals surface area contributed by atoms with Crippen molar-refractivity contribution in [2.45, 2.75) is 83.0 Å². The first-order chi connectivity index (χ1) is 14.1. The SMILES string of the molecule is C=Cc1ccccc1C(C12CC3CC(CC(C3)C1)C2)C12CC3CC(CC(C3)C1)C2. The molecule has 0 radical (unpaired) electrons. The highest BCUT2D eigenvalue weighted by Gasteiger charge is 2.63. The van der Waals surface area contributed by atoms with E-state index in [1.807, 2.05) is 0 Å². The van der Waals surface area contributed by atoms with Gasteiger partial charge < -0.3 is 0 Å². The van der Waals surface area contributed by atoms with Crippen LogP contribution in [0.1, 0.15) is 94.1 Å². The van der Waals surface area contributed by atoms with Gasteiger partial charge in [-0.3, -0.25) is 0 Å². The van der Waals surface area contributed by atoms with E-state index in [-0.39, 0.29) is 0 Å². The molecule has 0 heteroatoms. The minimum absolute atomic E-state index is 0.611. The quantitative estimate of drug-likeness (QED) is 0.494. The molecule has 0 amide bonds. The molecule has 1 aromatic rings. The van der Waals surface area contributed by atoms with E-state index in [4.69, 9.17) is 0 Å². The molecule has 8 saturated carbocycles. The van der Waals surface area contributed by atoms with Gasteiger partial charge in [0.05, 0.1) is 0 Å². The fourth-order valence-electron chi connectivity index (χ4n) is 11.3. The van der Waals surface area contributed by atoms with Crippen LogP contribution in [0.4, 0.5) is 0 Å². The van der Waals surface area contributed by atoms with Crippen molar-refractivity contribution in [2.75, 3.05) is 0 Å². The van der Waals surface area contributed by atoms with Crippen LogP contribution in [0.5, 0.6) is 0 Å². The van der Waals surface area contributed by atoms with E-state index < -0.39 is 0 Å². The van der Waals surface area contributed by atoms with E-state index in [1.54, 1.807) is 82.6 Å². The minimum Gasteiger partial charge on any atom is -0.0985 e. The first-order valence-electron chi connectivity index (χ1n) is 12.9. The summed E-state index contributed by atoms with van der Waals surface area (Å²) in [5.41, 5.74) is 4.40. The molecule has 0 saturated heterocycles. The smallest absolute Gasteiger partial charge is 0.00422 e. The van der Waals surface area contributed by atoms with E-state index >= 15 is 0 Å². The van der Waals surface area contributed by atoms with Crippen molar-refractivity contribution < 1.29 is 0 Å². The average molecular weight is 387 g/mol. The Bertz CT molecular complexity index is 714. The summed E-state index contributed by atoms with van der Waals surface area (Å²) in [6.07, 6.45) is 20.9. The van der Waals surface area contributed by atoms with Crippen LogP contribution < -0.4 is 0 Å². The Morgan fingerprint density at radius 3 is 1.41 bits per heavy atom. The lowest BCUT2D eigenvalue weighted by Gasteiger charge is -2.67.